The van der Waals surface area contributed by atoms with E-state index in [2.05, 4.69) is 22.4 Å². The van der Waals surface area contributed by atoms with Crippen LogP contribution in [0.1, 0.15) is 32.6 Å². The average Bonchev–Trinajstić information content (AvgIpc) is 2.46. The summed E-state index contributed by atoms with van der Waals surface area (Å²) in [6.45, 7) is 5.32. The lowest BCUT2D eigenvalue weighted by atomic mass is 10.0. The maximum Gasteiger partial charge on any atom is 0.270 e. The van der Waals surface area contributed by atoms with Gasteiger partial charge in [-0.2, -0.15) is 5.10 Å². The monoisotopic (exact) mass is 266 g/mol. The van der Waals surface area contributed by atoms with Crippen molar-refractivity contribution in [2.45, 2.75) is 38.6 Å². The third-order valence-corrected chi connectivity index (χ3v) is 4.02. The molecule has 6 nitrogen and oxygen atoms in total. The van der Waals surface area contributed by atoms with E-state index in [4.69, 9.17) is 0 Å². The van der Waals surface area contributed by atoms with Crippen LogP contribution in [-0.4, -0.2) is 60.0 Å². The third kappa shape index (κ3) is 3.32. The van der Waals surface area contributed by atoms with Gasteiger partial charge in [-0.3, -0.25) is 9.59 Å². The molecule has 0 aromatic rings. The van der Waals surface area contributed by atoms with E-state index in [0.29, 0.717) is 18.6 Å². The highest BCUT2D eigenvalue weighted by atomic mass is 16.2. The van der Waals surface area contributed by atoms with E-state index in [1.165, 1.54) is 0 Å². The van der Waals surface area contributed by atoms with Crippen molar-refractivity contribution >= 4 is 17.5 Å². The lowest BCUT2D eigenvalue weighted by molar-refractivity contribution is -0.126. The van der Waals surface area contributed by atoms with Crippen molar-refractivity contribution in [2.24, 2.45) is 5.10 Å². The Morgan fingerprint density at radius 2 is 2.11 bits per heavy atom. The smallest absolute Gasteiger partial charge is 0.270 e. The summed E-state index contributed by atoms with van der Waals surface area (Å²) in [6.07, 6.45) is 2.82. The van der Waals surface area contributed by atoms with Crippen LogP contribution < -0.4 is 5.43 Å². The number of likely N-dealkylation sites (tertiary alicyclic amines) is 1. The molecule has 1 N–H and O–H groups in total. The molecule has 0 radical (unpaired) electrons. The molecular formula is C13H22N4O2. The molecule has 0 spiro atoms. The minimum absolute atomic E-state index is 0.0463. The van der Waals surface area contributed by atoms with Crippen molar-refractivity contribution in [3.63, 3.8) is 0 Å². The van der Waals surface area contributed by atoms with E-state index >= 15 is 0 Å². The molecule has 2 aliphatic rings. The summed E-state index contributed by atoms with van der Waals surface area (Å²) >= 11 is 0. The van der Waals surface area contributed by atoms with Crippen molar-refractivity contribution in [1.29, 1.82) is 0 Å². The first-order valence-electron chi connectivity index (χ1n) is 6.96. The van der Waals surface area contributed by atoms with Gasteiger partial charge < -0.3 is 9.80 Å². The fourth-order valence-electron chi connectivity index (χ4n) is 2.62. The summed E-state index contributed by atoms with van der Waals surface area (Å²) < 4.78 is 0. The Hall–Kier alpha value is -1.43. The van der Waals surface area contributed by atoms with Crippen LogP contribution in [0, 0.1) is 0 Å². The molecule has 19 heavy (non-hydrogen) atoms. The van der Waals surface area contributed by atoms with Crippen molar-refractivity contribution in [3.8, 4) is 0 Å². The van der Waals surface area contributed by atoms with E-state index in [-0.39, 0.29) is 17.9 Å². The Balaban J connectivity index is 1.91. The topological polar surface area (TPSA) is 65.0 Å². The van der Waals surface area contributed by atoms with Gasteiger partial charge >= 0.3 is 0 Å². The molecule has 106 valence electrons. The van der Waals surface area contributed by atoms with Gasteiger partial charge in [-0.05, 0) is 19.4 Å². The Morgan fingerprint density at radius 1 is 1.42 bits per heavy atom. The summed E-state index contributed by atoms with van der Waals surface area (Å²) in [5.41, 5.74) is 2.85. The van der Waals surface area contributed by atoms with Crippen molar-refractivity contribution in [3.05, 3.63) is 0 Å². The molecule has 2 rings (SSSR count). The molecule has 1 fully saturated rings. The Bertz CT molecular complexity index is 386. The van der Waals surface area contributed by atoms with Gasteiger partial charge in [0, 0.05) is 39.0 Å². The molecule has 0 saturated carbocycles. The second kappa shape index (κ2) is 6.14. The zero-order chi connectivity index (χ0) is 13.8. The lowest BCUT2D eigenvalue weighted by Gasteiger charge is -2.36. The predicted molar refractivity (Wildman–Crippen MR) is 72.7 cm³/mol. The maximum atomic E-state index is 12.3. The number of nitrogens with zero attached hydrogens (tertiary/aromatic N) is 3. The average molecular weight is 266 g/mol. The summed E-state index contributed by atoms with van der Waals surface area (Å²) in [5.74, 6) is -0.162. The summed E-state index contributed by atoms with van der Waals surface area (Å²) in [6, 6.07) is 0.288. The largest absolute Gasteiger partial charge is 0.338 e. The van der Waals surface area contributed by atoms with Gasteiger partial charge in [0.15, 0.2) is 0 Å². The Labute approximate surface area is 113 Å². The molecule has 2 heterocycles. The molecular weight excluding hydrogens is 244 g/mol. The van der Waals surface area contributed by atoms with Crippen LogP contribution in [0.3, 0.4) is 0 Å². The number of hydrogen-bond acceptors (Lipinski definition) is 4. The van der Waals surface area contributed by atoms with Gasteiger partial charge in [-0.25, -0.2) is 5.43 Å². The number of carbonyl (C=O) groups is 2. The third-order valence-electron chi connectivity index (χ3n) is 4.02. The quantitative estimate of drug-likeness (QED) is 0.793. The number of rotatable bonds is 3. The molecule has 0 aromatic carbocycles. The molecule has 0 aromatic heterocycles. The second-order valence-electron chi connectivity index (χ2n) is 5.17. The first-order valence-corrected chi connectivity index (χ1v) is 6.96. The fourth-order valence-corrected chi connectivity index (χ4v) is 2.62. The van der Waals surface area contributed by atoms with Gasteiger partial charge in [0.2, 0.25) is 5.91 Å². The molecule has 0 bridgehead atoms. The number of hydrogen-bond donors (Lipinski definition) is 1. The van der Waals surface area contributed by atoms with Crippen LogP contribution in [0.4, 0.5) is 0 Å². The van der Waals surface area contributed by atoms with Crippen LogP contribution in [0.15, 0.2) is 5.10 Å². The van der Waals surface area contributed by atoms with Gasteiger partial charge in [0.25, 0.3) is 5.91 Å². The second-order valence-corrected chi connectivity index (χ2v) is 5.17. The van der Waals surface area contributed by atoms with Crippen molar-refractivity contribution < 1.29 is 9.59 Å². The molecule has 6 heteroatoms. The van der Waals surface area contributed by atoms with Crippen molar-refractivity contribution in [1.82, 2.24) is 15.2 Å². The molecule has 0 aliphatic carbocycles. The van der Waals surface area contributed by atoms with Gasteiger partial charge in [-0.1, -0.05) is 6.92 Å². The first kappa shape index (κ1) is 14.0. The van der Waals surface area contributed by atoms with Crippen LogP contribution >= 0.6 is 0 Å². The van der Waals surface area contributed by atoms with E-state index in [1.54, 1.807) is 4.90 Å². The van der Waals surface area contributed by atoms with Gasteiger partial charge in [0.1, 0.15) is 5.71 Å². The number of amides is 2. The number of piperidine rings is 1. The zero-order valence-electron chi connectivity index (χ0n) is 11.7. The molecule has 2 aliphatic heterocycles. The van der Waals surface area contributed by atoms with Crippen LogP contribution in [0.25, 0.3) is 0 Å². The van der Waals surface area contributed by atoms with Crippen LogP contribution in [0.5, 0.6) is 0 Å². The summed E-state index contributed by atoms with van der Waals surface area (Å²) in [7, 11) is 1.84. The lowest BCUT2D eigenvalue weighted by Crippen LogP contribution is -2.48. The minimum Gasteiger partial charge on any atom is -0.338 e. The molecule has 1 saturated heterocycles. The van der Waals surface area contributed by atoms with E-state index < -0.39 is 0 Å². The molecule has 0 atom stereocenters. The zero-order valence-corrected chi connectivity index (χ0v) is 11.7. The van der Waals surface area contributed by atoms with E-state index in [0.717, 1.165) is 32.5 Å². The van der Waals surface area contributed by atoms with Gasteiger partial charge in [-0.15, -0.1) is 0 Å². The minimum atomic E-state index is -0.115. The van der Waals surface area contributed by atoms with Crippen LogP contribution in [-0.2, 0) is 9.59 Å². The highest BCUT2D eigenvalue weighted by Crippen LogP contribution is 2.16. The predicted octanol–water partition coefficient (Wildman–Crippen LogP) is 0.195. The Morgan fingerprint density at radius 3 is 2.63 bits per heavy atom. The normalized spacial score (nSPS) is 21.8. The number of nitrogens with one attached hydrogen (secondary N) is 1. The van der Waals surface area contributed by atoms with Crippen molar-refractivity contribution in [2.75, 3.05) is 26.7 Å². The first-order chi connectivity index (χ1) is 9.11. The number of carbonyl (C=O) groups excluding carboxylic acids is 2. The SMILES string of the molecule is CCN1CCC(N(C)C(=O)C2=NNC(=O)CC2)CC1. The van der Waals surface area contributed by atoms with Gasteiger partial charge in [0.05, 0.1) is 0 Å². The standard InChI is InChI=1S/C13H22N4O2/c1-3-17-8-6-10(7-9-17)16(2)13(19)11-4-5-12(18)15-14-11/h10H,3-9H2,1-2H3,(H,15,18). The summed E-state index contributed by atoms with van der Waals surface area (Å²) in [5, 5.41) is 3.87. The van der Waals surface area contributed by atoms with E-state index in [1.807, 2.05) is 7.05 Å². The molecule has 0 unspecified atom stereocenters. The highest BCUT2D eigenvalue weighted by Gasteiger charge is 2.28. The highest BCUT2D eigenvalue weighted by molar-refractivity contribution is 6.39. The maximum absolute atomic E-state index is 12.3. The fraction of sp³-hybridized carbons (Fsp3) is 0.769. The van der Waals surface area contributed by atoms with Crippen LogP contribution in [0.2, 0.25) is 0 Å². The molecule has 2 amide bonds. The number of hydrazone groups is 1. The van der Waals surface area contributed by atoms with E-state index in [9.17, 15) is 9.59 Å². The summed E-state index contributed by atoms with van der Waals surface area (Å²) in [4.78, 5) is 27.5. The Kier molecular flexibility index (Phi) is 4.52.